The number of nitrogens with one attached hydrogen (secondary N) is 1. The molecule has 2 heterocycles. The van der Waals surface area contributed by atoms with E-state index in [9.17, 15) is 4.79 Å². The van der Waals surface area contributed by atoms with Crippen molar-refractivity contribution in [2.24, 2.45) is 5.92 Å². The summed E-state index contributed by atoms with van der Waals surface area (Å²) in [5.74, 6) is 1.61. The fraction of sp³-hybridized carbons (Fsp3) is 0.450. The van der Waals surface area contributed by atoms with Crippen molar-refractivity contribution in [1.82, 2.24) is 15.3 Å². The zero-order chi connectivity index (χ0) is 18.4. The largest absolute Gasteiger partial charge is 0.467 e. The van der Waals surface area contributed by atoms with E-state index in [1.165, 1.54) is 6.42 Å². The third kappa shape index (κ3) is 5.18. The molecule has 1 aliphatic rings. The normalized spacial score (nSPS) is 17.0. The van der Waals surface area contributed by atoms with E-state index in [4.69, 9.17) is 4.74 Å². The standard InChI is InChI=1S/C20H26N4O2/c1-15-7-6-10-24(13-15)20-22-16(2)11-19(23-20)26-14-18(25)21-12-17-8-4-3-5-9-17/h3-5,8-9,11,15H,6-7,10,12-14H2,1-2H3,(H,21,25). The number of nitrogens with zero attached hydrogens (tertiary/aromatic N) is 3. The van der Waals surface area contributed by atoms with Crippen molar-refractivity contribution < 1.29 is 9.53 Å². The summed E-state index contributed by atoms with van der Waals surface area (Å²) in [6, 6.07) is 11.6. The first-order valence-corrected chi connectivity index (χ1v) is 9.14. The third-order valence-corrected chi connectivity index (χ3v) is 4.44. The third-order valence-electron chi connectivity index (χ3n) is 4.44. The maximum absolute atomic E-state index is 12.0. The molecule has 1 aromatic heterocycles. The first-order valence-electron chi connectivity index (χ1n) is 9.14. The van der Waals surface area contributed by atoms with Crippen LogP contribution < -0.4 is 15.0 Å². The summed E-state index contributed by atoms with van der Waals surface area (Å²) in [7, 11) is 0. The van der Waals surface area contributed by atoms with Crippen molar-refractivity contribution in [3.63, 3.8) is 0 Å². The van der Waals surface area contributed by atoms with Gasteiger partial charge in [0.25, 0.3) is 5.91 Å². The number of aryl methyl sites for hydroxylation is 1. The van der Waals surface area contributed by atoms with Gasteiger partial charge in [-0.25, -0.2) is 4.98 Å². The van der Waals surface area contributed by atoms with Crippen molar-refractivity contribution in [2.45, 2.75) is 33.2 Å². The molecule has 3 rings (SSSR count). The lowest BCUT2D eigenvalue weighted by molar-refractivity contribution is -0.123. The lowest BCUT2D eigenvalue weighted by Gasteiger charge is -2.31. The van der Waals surface area contributed by atoms with Crippen molar-refractivity contribution in [3.05, 3.63) is 47.7 Å². The molecule has 138 valence electrons. The second-order valence-corrected chi connectivity index (χ2v) is 6.89. The molecular weight excluding hydrogens is 328 g/mol. The van der Waals surface area contributed by atoms with Gasteiger partial charge in [0.15, 0.2) is 6.61 Å². The lowest BCUT2D eigenvalue weighted by Crippen LogP contribution is -2.35. The van der Waals surface area contributed by atoms with Gasteiger partial charge in [-0.3, -0.25) is 4.79 Å². The van der Waals surface area contributed by atoms with Crippen molar-refractivity contribution in [2.75, 3.05) is 24.6 Å². The van der Waals surface area contributed by atoms with Gasteiger partial charge in [0.05, 0.1) is 0 Å². The number of carbonyl (C=O) groups is 1. The minimum absolute atomic E-state index is 0.0564. The Hall–Kier alpha value is -2.63. The summed E-state index contributed by atoms with van der Waals surface area (Å²) in [5, 5.41) is 2.85. The summed E-state index contributed by atoms with van der Waals surface area (Å²) in [5.41, 5.74) is 1.90. The minimum Gasteiger partial charge on any atom is -0.467 e. The summed E-state index contributed by atoms with van der Waals surface area (Å²) >= 11 is 0. The number of hydrogen-bond donors (Lipinski definition) is 1. The molecule has 1 saturated heterocycles. The summed E-state index contributed by atoms with van der Waals surface area (Å²) in [6.07, 6.45) is 2.39. The maximum Gasteiger partial charge on any atom is 0.258 e. The predicted octanol–water partition coefficient (Wildman–Crippen LogP) is 2.72. The Morgan fingerprint density at radius 1 is 1.31 bits per heavy atom. The highest BCUT2D eigenvalue weighted by Crippen LogP contribution is 2.22. The Morgan fingerprint density at radius 3 is 2.88 bits per heavy atom. The van der Waals surface area contributed by atoms with Crippen LogP contribution in [0.15, 0.2) is 36.4 Å². The molecule has 0 aliphatic carbocycles. The maximum atomic E-state index is 12.0. The summed E-state index contributed by atoms with van der Waals surface area (Å²) < 4.78 is 5.61. The number of hydrogen-bond acceptors (Lipinski definition) is 5. The molecule has 6 heteroatoms. The van der Waals surface area contributed by atoms with Gasteiger partial charge in [-0.2, -0.15) is 4.98 Å². The smallest absolute Gasteiger partial charge is 0.258 e. The van der Waals surface area contributed by atoms with Crippen LogP contribution in [-0.4, -0.2) is 35.6 Å². The van der Waals surface area contributed by atoms with Gasteiger partial charge < -0.3 is 15.0 Å². The first kappa shape index (κ1) is 18.2. The minimum atomic E-state index is -0.168. The number of piperidine rings is 1. The average Bonchev–Trinajstić information content (AvgIpc) is 2.65. The Kier molecular flexibility index (Phi) is 6.04. The SMILES string of the molecule is Cc1cc(OCC(=O)NCc2ccccc2)nc(N2CCCC(C)C2)n1. The number of ether oxygens (including phenoxy) is 1. The van der Waals surface area contributed by atoms with Gasteiger partial charge in [0, 0.05) is 31.4 Å². The van der Waals surface area contributed by atoms with Crippen molar-refractivity contribution in [1.29, 1.82) is 0 Å². The molecule has 6 nitrogen and oxygen atoms in total. The van der Waals surface area contributed by atoms with E-state index in [1.807, 2.05) is 37.3 Å². The number of carbonyl (C=O) groups excluding carboxylic acids is 1. The van der Waals surface area contributed by atoms with Crippen LogP contribution in [0, 0.1) is 12.8 Å². The fourth-order valence-electron chi connectivity index (χ4n) is 3.10. The number of rotatable bonds is 6. The molecule has 0 radical (unpaired) electrons. The van der Waals surface area contributed by atoms with E-state index < -0.39 is 0 Å². The van der Waals surface area contributed by atoms with Crippen molar-refractivity contribution in [3.8, 4) is 5.88 Å². The summed E-state index contributed by atoms with van der Waals surface area (Å²) in [6.45, 7) is 6.52. The molecule has 0 saturated carbocycles. The van der Waals surface area contributed by atoms with E-state index in [0.29, 0.717) is 24.3 Å². The van der Waals surface area contributed by atoms with E-state index in [1.54, 1.807) is 6.07 Å². The summed E-state index contributed by atoms with van der Waals surface area (Å²) in [4.78, 5) is 23.2. The number of anilines is 1. The Morgan fingerprint density at radius 2 is 2.12 bits per heavy atom. The van der Waals surface area contributed by atoms with Crippen LogP contribution in [0.5, 0.6) is 5.88 Å². The second-order valence-electron chi connectivity index (χ2n) is 6.89. The van der Waals surface area contributed by atoms with Crippen LogP contribution in [0.1, 0.15) is 31.0 Å². The van der Waals surface area contributed by atoms with Gasteiger partial charge >= 0.3 is 0 Å². The molecule has 26 heavy (non-hydrogen) atoms. The Bertz CT molecular complexity index is 736. The van der Waals surface area contributed by atoms with E-state index in [2.05, 4.69) is 27.1 Å². The van der Waals surface area contributed by atoms with Crippen LogP contribution in [0.3, 0.4) is 0 Å². The van der Waals surface area contributed by atoms with Crippen LogP contribution in [-0.2, 0) is 11.3 Å². The molecule has 1 fully saturated rings. The Labute approximate surface area is 154 Å². The molecular formula is C20H26N4O2. The van der Waals surface area contributed by atoms with Gasteiger partial charge in [-0.15, -0.1) is 0 Å². The highest BCUT2D eigenvalue weighted by Gasteiger charge is 2.19. The molecule has 1 unspecified atom stereocenters. The first-order chi connectivity index (χ1) is 12.6. The zero-order valence-corrected chi connectivity index (χ0v) is 15.4. The number of benzene rings is 1. The van der Waals surface area contributed by atoms with E-state index >= 15 is 0 Å². The van der Waals surface area contributed by atoms with Crippen LogP contribution >= 0.6 is 0 Å². The molecule has 0 bridgehead atoms. The van der Waals surface area contributed by atoms with Gasteiger partial charge in [-0.05, 0) is 31.2 Å². The lowest BCUT2D eigenvalue weighted by atomic mass is 10.0. The van der Waals surface area contributed by atoms with Crippen LogP contribution in [0.4, 0.5) is 5.95 Å². The molecule has 1 aliphatic heterocycles. The van der Waals surface area contributed by atoms with Crippen LogP contribution in [0.2, 0.25) is 0 Å². The highest BCUT2D eigenvalue weighted by atomic mass is 16.5. The number of aromatic nitrogens is 2. The molecule has 2 aromatic rings. The van der Waals surface area contributed by atoms with Crippen molar-refractivity contribution >= 4 is 11.9 Å². The van der Waals surface area contributed by atoms with Gasteiger partial charge in [0.1, 0.15) is 0 Å². The molecule has 1 N–H and O–H groups in total. The molecule has 1 amide bonds. The molecule has 1 aromatic carbocycles. The predicted molar refractivity (Wildman–Crippen MR) is 101 cm³/mol. The van der Waals surface area contributed by atoms with E-state index in [-0.39, 0.29) is 12.5 Å². The fourth-order valence-corrected chi connectivity index (χ4v) is 3.10. The highest BCUT2D eigenvalue weighted by molar-refractivity contribution is 5.77. The Balaban J connectivity index is 1.55. The van der Waals surface area contributed by atoms with Crippen LogP contribution in [0.25, 0.3) is 0 Å². The molecule has 1 atom stereocenters. The molecule has 0 spiro atoms. The van der Waals surface area contributed by atoms with Gasteiger partial charge in [-0.1, -0.05) is 37.3 Å². The quantitative estimate of drug-likeness (QED) is 0.864. The average molecular weight is 354 g/mol. The monoisotopic (exact) mass is 354 g/mol. The second kappa shape index (κ2) is 8.65. The zero-order valence-electron chi connectivity index (χ0n) is 15.4. The topological polar surface area (TPSA) is 67.3 Å². The van der Waals surface area contributed by atoms with E-state index in [0.717, 1.165) is 30.8 Å². The number of amides is 1. The van der Waals surface area contributed by atoms with Gasteiger partial charge in [0.2, 0.25) is 11.8 Å².